The summed E-state index contributed by atoms with van der Waals surface area (Å²) < 4.78 is 27.3. The summed E-state index contributed by atoms with van der Waals surface area (Å²) in [4.78, 5) is 0.311. The number of halogens is 1. The lowest BCUT2D eigenvalue weighted by Crippen LogP contribution is -2.31. The maximum absolute atomic E-state index is 12.9. The normalized spacial score (nSPS) is 11.4. The molecule has 0 aliphatic carbocycles. The van der Waals surface area contributed by atoms with Crippen LogP contribution in [0.1, 0.15) is 18.1 Å². The Kier molecular flexibility index (Phi) is 4.91. The molecule has 0 radical (unpaired) electrons. The van der Waals surface area contributed by atoms with E-state index in [2.05, 4.69) is 0 Å². The minimum atomic E-state index is -3.59. The van der Waals surface area contributed by atoms with E-state index in [1.54, 1.807) is 31.2 Å². The van der Waals surface area contributed by atoms with E-state index in [0.717, 1.165) is 5.56 Å². The van der Waals surface area contributed by atoms with Crippen LogP contribution in [0.15, 0.2) is 53.4 Å². The average molecular weight is 324 g/mol. The molecule has 112 valence electrons. The van der Waals surface area contributed by atoms with E-state index in [4.69, 9.17) is 11.6 Å². The fraction of sp³-hybridized carbons (Fsp3) is 0.250. The first-order valence-corrected chi connectivity index (χ1v) is 8.72. The lowest BCUT2D eigenvalue weighted by Gasteiger charge is -2.24. The van der Waals surface area contributed by atoms with Gasteiger partial charge in [-0.2, -0.15) is 0 Å². The highest BCUT2D eigenvalue weighted by atomic mass is 35.5. The van der Waals surface area contributed by atoms with Gasteiger partial charge >= 0.3 is 0 Å². The van der Waals surface area contributed by atoms with Gasteiger partial charge < -0.3 is 0 Å². The summed E-state index contributed by atoms with van der Waals surface area (Å²) >= 11 is 5.88. The average Bonchev–Trinajstić information content (AvgIpc) is 2.49. The molecule has 0 saturated carbocycles. The van der Waals surface area contributed by atoms with E-state index in [1.807, 2.05) is 31.2 Å². The van der Waals surface area contributed by atoms with Gasteiger partial charge in [-0.1, -0.05) is 30.3 Å². The minimum absolute atomic E-state index is 0.298. The number of hydrogen-bond donors (Lipinski definition) is 0. The second kappa shape index (κ2) is 6.50. The van der Waals surface area contributed by atoms with Crippen molar-refractivity contribution < 1.29 is 8.42 Å². The Hall–Kier alpha value is -1.52. The molecule has 0 heterocycles. The second-order valence-corrected chi connectivity index (χ2v) is 6.78. The molecular formula is C16H18ClNO2S. The molecule has 2 rings (SSSR count). The van der Waals surface area contributed by atoms with Crippen LogP contribution in [-0.2, 0) is 15.9 Å². The predicted octanol–water partition coefficient (Wildman–Crippen LogP) is 3.95. The predicted molar refractivity (Wildman–Crippen MR) is 87.4 cm³/mol. The van der Waals surface area contributed by atoms with Gasteiger partial charge in [-0.3, -0.25) is 4.31 Å². The Morgan fingerprint density at radius 2 is 1.71 bits per heavy atom. The van der Waals surface area contributed by atoms with Crippen LogP contribution in [0.3, 0.4) is 0 Å². The summed E-state index contributed by atoms with van der Waals surface area (Å²) in [5.41, 5.74) is 2.21. The van der Waals surface area contributed by atoms with Crippen molar-refractivity contribution in [2.75, 3.05) is 10.8 Å². The van der Waals surface area contributed by atoms with E-state index in [1.165, 1.54) is 4.31 Å². The van der Waals surface area contributed by atoms with Gasteiger partial charge in [0.1, 0.15) is 0 Å². The SMILES string of the molecule is CCN(c1ccccc1)S(=O)(=O)c1cccc(CCl)c1C. The summed E-state index contributed by atoms with van der Waals surface area (Å²) in [5, 5.41) is 0. The van der Waals surface area contributed by atoms with Gasteiger partial charge in [0.2, 0.25) is 0 Å². The molecule has 0 saturated heterocycles. The standard InChI is InChI=1S/C16H18ClNO2S/c1-3-18(15-9-5-4-6-10-15)21(19,20)16-11-7-8-14(12-17)13(16)2/h4-11H,3,12H2,1-2H3. The summed E-state index contributed by atoms with van der Waals surface area (Å²) in [6.45, 7) is 3.99. The smallest absolute Gasteiger partial charge is 0.264 e. The van der Waals surface area contributed by atoms with Crippen molar-refractivity contribution in [3.63, 3.8) is 0 Å². The number of nitrogens with zero attached hydrogens (tertiary/aromatic N) is 1. The van der Waals surface area contributed by atoms with Gasteiger partial charge in [0.25, 0.3) is 10.0 Å². The number of rotatable bonds is 5. The number of hydrogen-bond acceptors (Lipinski definition) is 2. The maximum Gasteiger partial charge on any atom is 0.264 e. The summed E-state index contributed by atoms with van der Waals surface area (Å²) in [6, 6.07) is 14.3. The van der Waals surface area contributed by atoms with Crippen LogP contribution < -0.4 is 4.31 Å². The monoisotopic (exact) mass is 323 g/mol. The molecule has 0 N–H and O–H groups in total. The third kappa shape index (κ3) is 3.06. The molecule has 0 aromatic heterocycles. The molecule has 0 aliphatic rings. The number of alkyl halides is 1. The summed E-state index contributed by atoms with van der Waals surface area (Å²) in [6.07, 6.45) is 0. The highest BCUT2D eigenvalue weighted by Crippen LogP contribution is 2.27. The molecule has 21 heavy (non-hydrogen) atoms. The fourth-order valence-electron chi connectivity index (χ4n) is 2.29. The third-order valence-electron chi connectivity index (χ3n) is 3.44. The van der Waals surface area contributed by atoms with Crippen molar-refractivity contribution >= 4 is 27.3 Å². The molecule has 0 bridgehead atoms. The molecule has 2 aromatic rings. The summed E-state index contributed by atoms with van der Waals surface area (Å²) in [7, 11) is -3.59. The van der Waals surface area contributed by atoms with Crippen LogP contribution in [0, 0.1) is 6.92 Å². The molecule has 2 aromatic carbocycles. The zero-order valence-electron chi connectivity index (χ0n) is 12.1. The lowest BCUT2D eigenvalue weighted by atomic mass is 10.1. The summed E-state index contributed by atoms with van der Waals surface area (Å²) in [5.74, 6) is 0.298. The molecule has 0 spiro atoms. The van der Waals surface area contributed by atoms with Gasteiger partial charge in [0.15, 0.2) is 0 Å². The molecule has 0 amide bonds. The van der Waals surface area contributed by atoms with Crippen molar-refractivity contribution in [3.8, 4) is 0 Å². The number of anilines is 1. The van der Waals surface area contributed by atoms with Gasteiger partial charge in [0, 0.05) is 12.4 Å². The van der Waals surface area contributed by atoms with E-state index < -0.39 is 10.0 Å². The molecular weight excluding hydrogens is 306 g/mol. The number of para-hydroxylation sites is 1. The molecule has 3 nitrogen and oxygen atoms in total. The minimum Gasteiger partial charge on any atom is -0.267 e. The molecule has 0 aliphatic heterocycles. The van der Waals surface area contributed by atoms with Crippen LogP contribution >= 0.6 is 11.6 Å². The zero-order chi connectivity index (χ0) is 15.5. The van der Waals surface area contributed by atoms with Crippen molar-refractivity contribution in [2.45, 2.75) is 24.6 Å². The van der Waals surface area contributed by atoms with Crippen LogP contribution in [0.25, 0.3) is 0 Å². The fourth-order valence-corrected chi connectivity index (χ4v) is 4.32. The van der Waals surface area contributed by atoms with Crippen LogP contribution in [-0.4, -0.2) is 15.0 Å². The Bertz CT molecular complexity index is 714. The maximum atomic E-state index is 12.9. The molecule has 0 unspecified atom stereocenters. The van der Waals surface area contributed by atoms with E-state index in [9.17, 15) is 8.42 Å². The van der Waals surface area contributed by atoms with Crippen LogP contribution in [0.4, 0.5) is 5.69 Å². The highest BCUT2D eigenvalue weighted by molar-refractivity contribution is 7.92. The first kappa shape index (κ1) is 15.9. The third-order valence-corrected chi connectivity index (χ3v) is 5.77. The second-order valence-electron chi connectivity index (χ2n) is 4.68. The largest absolute Gasteiger partial charge is 0.267 e. The van der Waals surface area contributed by atoms with Crippen LogP contribution in [0.2, 0.25) is 0 Å². The topological polar surface area (TPSA) is 37.4 Å². The van der Waals surface area contributed by atoms with Gasteiger partial charge in [0.05, 0.1) is 10.6 Å². The van der Waals surface area contributed by atoms with Gasteiger partial charge in [-0.15, -0.1) is 11.6 Å². The van der Waals surface area contributed by atoms with Crippen molar-refractivity contribution in [1.29, 1.82) is 0 Å². The number of sulfonamides is 1. The van der Waals surface area contributed by atoms with Gasteiger partial charge in [-0.05, 0) is 43.2 Å². The van der Waals surface area contributed by atoms with Crippen molar-refractivity contribution in [3.05, 3.63) is 59.7 Å². The molecule has 5 heteroatoms. The van der Waals surface area contributed by atoms with E-state index in [0.29, 0.717) is 28.6 Å². The Morgan fingerprint density at radius 3 is 2.29 bits per heavy atom. The zero-order valence-corrected chi connectivity index (χ0v) is 13.7. The van der Waals surface area contributed by atoms with Crippen molar-refractivity contribution in [2.24, 2.45) is 0 Å². The number of benzene rings is 2. The first-order chi connectivity index (χ1) is 10.0. The quantitative estimate of drug-likeness (QED) is 0.781. The Balaban J connectivity index is 2.56. The highest BCUT2D eigenvalue weighted by Gasteiger charge is 2.25. The lowest BCUT2D eigenvalue weighted by molar-refractivity contribution is 0.591. The Labute approximate surface area is 131 Å². The Morgan fingerprint density at radius 1 is 1.05 bits per heavy atom. The van der Waals surface area contributed by atoms with E-state index in [-0.39, 0.29) is 0 Å². The molecule has 0 fully saturated rings. The van der Waals surface area contributed by atoms with Crippen molar-refractivity contribution in [1.82, 2.24) is 0 Å². The molecule has 0 atom stereocenters. The van der Waals surface area contributed by atoms with E-state index >= 15 is 0 Å². The van der Waals surface area contributed by atoms with Gasteiger partial charge in [-0.25, -0.2) is 8.42 Å². The van der Waals surface area contributed by atoms with Crippen LogP contribution in [0.5, 0.6) is 0 Å². The first-order valence-electron chi connectivity index (χ1n) is 6.74.